The Hall–Kier alpha value is -2.16. The molecule has 0 radical (unpaired) electrons. The van der Waals surface area contributed by atoms with Crippen molar-refractivity contribution in [1.82, 2.24) is 4.98 Å². The van der Waals surface area contributed by atoms with Crippen molar-refractivity contribution < 1.29 is 9.53 Å². The van der Waals surface area contributed by atoms with Gasteiger partial charge in [-0.25, -0.2) is 0 Å². The molecule has 3 nitrogen and oxygen atoms in total. The number of carbonyl (C=O) groups excluding carboxylic acids is 1. The van der Waals surface area contributed by atoms with Gasteiger partial charge in [-0.05, 0) is 50.1 Å². The third-order valence-electron chi connectivity index (χ3n) is 3.00. The van der Waals surface area contributed by atoms with Gasteiger partial charge in [0.05, 0.1) is 11.3 Å². The van der Waals surface area contributed by atoms with Gasteiger partial charge in [0.15, 0.2) is 5.78 Å². The number of hydrogen-bond donors (Lipinski definition) is 0. The molecule has 0 unspecified atom stereocenters. The standard InChI is InChI=1S/C16H17NO2/c1-11-6-7-14(13(3)18)16(9-11)19-10-15-12(2)5-4-8-17-15/h4-9H,10H2,1-3H3. The van der Waals surface area contributed by atoms with Gasteiger partial charge in [0.25, 0.3) is 0 Å². The molecule has 0 bridgehead atoms. The predicted octanol–water partition coefficient (Wildman–Crippen LogP) is 3.48. The van der Waals surface area contributed by atoms with Crippen LogP contribution in [-0.4, -0.2) is 10.8 Å². The van der Waals surface area contributed by atoms with E-state index in [1.807, 2.05) is 38.1 Å². The molecular weight excluding hydrogens is 238 g/mol. The first-order valence-corrected chi connectivity index (χ1v) is 6.23. The number of hydrogen-bond acceptors (Lipinski definition) is 3. The summed E-state index contributed by atoms with van der Waals surface area (Å²) in [6.07, 6.45) is 1.74. The summed E-state index contributed by atoms with van der Waals surface area (Å²) in [5, 5.41) is 0. The second-order valence-corrected chi connectivity index (χ2v) is 4.61. The first kappa shape index (κ1) is 13.3. The largest absolute Gasteiger partial charge is 0.487 e. The van der Waals surface area contributed by atoms with Crippen molar-refractivity contribution in [2.75, 3.05) is 0 Å². The Morgan fingerprint density at radius 1 is 1.26 bits per heavy atom. The highest BCUT2D eigenvalue weighted by Crippen LogP contribution is 2.22. The molecule has 1 aromatic carbocycles. The average molecular weight is 255 g/mol. The molecule has 0 saturated heterocycles. The molecule has 0 spiro atoms. The normalized spacial score (nSPS) is 10.3. The molecule has 2 aromatic rings. The zero-order valence-corrected chi connectivity index (χ0v) is 11.4. The highest BCUT2D eigenvalue weighted by Gasteiger charge is 2.09. The number of carbonyl (C=O) groups is 1. The van der Waals surface area contributed by atoms with Gasteiger partial charge in [-0.1, -0.05) is 12.1 Å². The fourth-order valence-electron chi connectivity index (χ4n) is 1.86. The van der Waals surface area contributed by atoms with Crippen molar-refractivity contribution >= 4 is 5.78 Å². The summed E-state index contributed by atoms with van der Waals surface area (Å²) in [6.45, 7) is 5.89. The van der Waals surface area contributed by atoms with E-state index in [-0.39, 0.29) is 5.78 Å². The minimum absolute atomic E-state index is 0.00717. The maximum atomic E-state index is 11.6. The number of aryl methyl sites for hydroxylation is 2. The Kier molecular flexibility index (Phi) is 3.95. The summed E-state index contributed by atoms with van der Waals surface area (Å²) in [4.78, 5) is 15.8. The third-order valence-corrected chi connectivity index (χ3v) is 3.00. The summed E-state index contributed by atoms with van der Waals surface area (Å²) in [6, 6.07) is 9.49. The predicted molar refractivity (Wildman–Crippen MR) is 74.5 cm³/mol. The molecule has 3 heteroatoms. The Bertz CT molecular complexity index is 605. The lowest BCUT2D eigenvalue weighted by Crippen LogP contribution is -2.04. The van der Waals surface area contributed by atoms with Crippen molar-refractivity contribution in [3.63, 3.8) is 0 Å². The number of benzene rings is 1. The minimum atomic E-state index is 0.00717. The smallest absolute Gasteiger partial charge is 0.163 e. The van der Waals surface area contributed by atoms with Crippen LogP contribution in [-0.2, 0) is 6.61 Å². The van der Waals surface area contributed by atoms with E-state index in [1.54, 1.807) is 19.2 Å². The molecule has 1 aromatic heterocycles. The molecule has 98 valence electrons. The Labute approximate surface area is 113 Å². The van der Waals surface area contributed by atoms with Gasteiger partial charge in [0, 0.05) is 6.20 Å². The summed E-state index contributed by atoms with van der Waals surface area (Å²) in [5.41, 5.74) is 3.65. The second kappa shape index (κ2) is 5.65. The van der Waals surface area contributed by atoms with Crippen molar-refractivity contribution in [3.05, 3.63) is 58.9 Å². The van der Waals surface area contributed by atoms with E-state index in [1.165, 1.54) is 0 Å². The highest BCUT2D eigenvalue weighted by atomic mass is 16.5. The molecule has 19 heavy (non-hydrogen) atoms. The van der Waals surface area contributed by atoms with Crippen LogP contribution in [0.4, 0.5) is 0 Å². The van der Waals surface area contributed by atoms with Crippen LogP contribution in [0.2, 0.25) is 0 Å². The van der Waals surface area contributed by atoms with Gasteiger partial charge in [0.2, 0.25) is 0 Å². The summed E-state index contributed by atoms with van der Waals surface area (Å²) in [7, 11) is 0. The number of ketones is 1. The quantitative estimate of drug-likeness (QED) is 0.785. The lowest BCUT2D eigenvalue weighted by atomic mass is 10.1. The van der Waals surface area contributed by atoms with Gasteiger partial charge < -0.3 is 4.74 Å². The maximum Gasteiger partial charge on any atom is 0.163 e. The zero-order chi connectivity index (χ0) is 13.8. The van der Waals surface area contributed by atoms with Crippen LogP contribution in [0.1, 0.15) is 34.1 Å². The van der Waals surface area contributed by atoms with Crippen LogP contribution in [0.3, 0.4) is 0 Å². The fraction of sp³-hybridized carbons (Fsp3) is 0.250. The molecule has 0 saturated carbocycles. The SMILES string of the molecule is CC(=O)c1ccc(C)cc1OCc1ncccc1C. The molecule has 0 atom stereocenters. The lowest BCUT2D eigenvalue weighted by Gasteiger charge is -2.11. The number of Topliss-reactive ketones (excluding diaryl/α,β-unsaturated/α-hetero) is 1. The topological polar surface area (TPSA) is 39.2 Å². The first-order chi connectivity index (χ1) is 9.08. The average Bonchev–Trinajstić information content (AvgIpc) is 2.37. The van der Waals surface area contributed by atoms with Crippen LogP contribution in [0, 0.1) is 13.8 Å². The zero-order valence-electron chi connectivity index (χ0n) is 11.4. The first-order valence-electron chi connectivity index (χ1n) is 6.23. The fourth-order valence-corrected chi connectivity index (χ4v) is 1.86. The molecule has 0 aliphatic carbocycles. The summed E-state index contributed by atoms with van der Waals surface area (Å²) >= 11 is 0. The number of ether oxygens (including phenoxy) is 1. The van der Waals surface area contributed by atoms with Gasteiger partial charge in [-0.3, -0.25) is 9.78 Å². The monoisotopic (exact) mass is 255 g/mol. The van der Waals surface area contributed by atoms with Crippen molar-refractivity contribution in [2.24, 2.45) is 0 Å². The summed E-state index contributed by atoms with van der Waals surface area (Å²) in [5.74, 6) is 0.630. The molecule has 0 fully saturated rings. The third kappa shape index (κ3) is 3.19. The number of aromatic nitrogens is 1. The Balaban J connectivity index is 2.22. The van der Waals surface area contributed by atoms with Crippen molar-refractivity contribution in [3.8, 4) is 5.75 Å². The number of rotatable bonds is 4. The number of nitrogens with zero attached hydrogens (tertiary/aromatic N) is 1. The van der Waals surface area contributed by atoms with Gasteiger partial charge >= 0.3 is 0 Å². The van der Waals surface area contributed by atoms with Crippen LogP contribution in [0.5, 0.6) is 5.75 Å². The highest BCUT2D eigenvalue weighted by molar-refractivity contribution is 5.96. The summed E-state index contributed by atoms with van der Waals surface area (Å²) < 4.78 is 5.76. The minimum Gasteiger partial charge on any atom is -0.487 e. The van der Waals surface area contributed by atoms with Crippen molar-refractivity contribution in [1.29, 1.82) is 0 Å². The number of pyridine rings is 1. The van der Waals surface area contributed by atoms with E-state index < -0.39 is 0 Å². The molecule has 2 rings (SSSR count). The lowest BCUT2D eigenvalue weighted by molar-refractivity contribution is 0.101. The maximum absolute atomic E-state index is 11.6. The van der Waals surface area contributed by atoms with E-state index in [9.17, 15) is 4.79 Å². The van der Waals surface area contributed by atoms with E-state index in [2.05, 4.69) is 4.98 Å². The van der Waals surface area contributed by atoms with E-state index in [0.29, 0.717) is 17.9 Å². The Morgan fingerprint density at radius 3 is 2.74 bits per heavy atom. The Morgan fingerprint density at radius 2 is 2.05 bits per heavy atom. The van der Waals surface area contributed by atoms with Crippen LogP contribution in [0.15, 0.2) is 36.5 Å². The van der Waals surface area contributed by atoms with Crippen LogP contribution >= 0.6 is 0 Å². The molecule has 0 aliphatic heterocycles. The van der Waals surface area contributed by atoms with Crippen LogP contribution < -0.4 is 4.74 Å². The molecule has 1 heterocycles. The van der Waals surface area contributed by atoms with E-state index in [4.69, 9.17) is 4.74 Å². The molecule has 0 amide bonds. The molecule has 0 N–H and O–H groups in total. The second-order valence-electron chi connectivity index (χ2n) is 4.61. The molecule has 0 aliphatic rings. The van der Waals surface area contributed by atoms with E-state index in [0.717, 1.165) is 16.8 Å². The van der Waals surface area contributed by atoms with Gasteiger partial charge in [-0.2, -0.15) is 0 Å². The molecular formula is C16H17NO2. The van der Waals surface area contributed by atoms with Gasteiger partial charge in [0.1, 0.15) is 12.4 Å². The van der Waals surface area contributed by atoms with Crippen LogP contribution in [0.25, 0.3) is 0 Å². The van der Waals surface area contributed by atoms with E-state index >= 15 is 0 Å². The van der Waals surface area contributed by atoms with Crippen molar-refractivity contribution in [2.45, 2.75) is 27.4 Å². The van der Waals surface area contributed by atoms with Gasteiger partial charge in [-0.15, -0.1) is 0 Å².